The van der Waals surface area contributed by atoms with Crippen LogP contribution in [0.1, 0.15) is 30.9 Å². The molecule has 3 aromatic rings. The minimum absolute atomic E-state index is 0.0471. The van der Waals surface area contributed by atoms with Crippen LogP contribution >= 0.6 is 0 Å². The Labute approximate surface area is 173 Å². The minimum Gasteiger partial charge on any atom is -0.341 e. The zero-order chi connectivity index (χ0) is 21.4. The molecule has 2 N–H and O–H groups in total. The molecule has 156 valence electrons. The van der Waals surface area contributed by atoms with Gasteiger partial charge in [0.05, 0.1) is 18.2 Å². The predicted molar refractivity (Wildman–Crippen MR) is 115 cm³/mol. The summed E-state index contributed by atoms with van der Waals surface area (Å²) < 4.78 is 4.47. The zero-order valence-electron chi connectivity index (χ0n) is 17.2. The number of nitriles is 1. The molecule has 0 radical (unpaired) electrons. The quantitative estimate of drug-likeness (QED) is 0.683. The molecule has 4 rings (SSSR count). The number of imidazole rings is 1. The van der Waals surface area contributed by atoms with Gasteiger partial charge in [0.15, 0.2) is 5.52 Å². The molecule has 0 unspecified atom stereocenters. The summed E-state index contributed by atoms with van der Waals surface area (Å²) in [5.41, 5.74) is 7.11. The molecule has 2 aromatic heterocycles. The molecule has 9 heteroatoms. The molecule has 1 fully saturated rings. The van der Waals surface area contributed by atoms with Gasteiger partial charge in [0.2, 0.25) is 5.95 Å². The van der Waals surface area contributed by atoms with Crippen LogP contribution in [0.4, 0.5) is 5.95 Å². The number of aromatic nitrogens is 4. The van der Waals surface area contributed by atoms with Crippen molar-refractivity contribution in [1.82, 2.24) is 18.9 Å². The van der Waals surface area contributed by atoms with E-state index < -0.39 is 0 Å². The van der Waals surface area contributed by atoms with E-state index in [-0.39, 0.29) is 29.2 Å². The van der Waals surface area contributed by atoms with Crippen LogP contribution in [0.3, 0.4) is 0 Å². The first kappa shape index (κ1) is 19.9. The summed E-state index contributed by atoms with van der Waals surface area (Å²) in [4.78, 5) is 33.2. The number of hydrogen-bond acceptors (Lipinski definition) is 6. The Morgan fingerprint density at radius 2 is 2.03 bits per heavy atom. The van der Waals surface area contributed by atoms with Gasteiger partial charge >= 0.3 is 0 Å². The Bertz CT molecular complexity index is 1260. The molecule has 0 bridgehead atoms. The maximum absolute atomic E-state index is 13.5. The Morgan fingerprint density at radius 1 is 1.27 bits per heavy atom. The number of fused-ring (bicyclic) bond motifs is 1. The predicted octanol–water partition coefficient (Wildman–Crippen LogP) is 0.764. The summed E-state index contributed by atoms with van der Waals surface area (Å²) in [5, 5.41) is 9.38. The van der Waals surface area contributed by atoms with Crippen molar-refractivity contribution in [1.29, 1.82) is 5.26 Å². The molecule has 1 aliphatic rings. The maximum atomic E-state index is 13.5. The zero-order valence-corrected chi connectivity index (χ0v) is 17.2. The lowest BCUT2D eigenvalue weighted by molar-refractivity contribution is 0.493. The molecule has 1 aliphatic heterocycles. The number of aryl methyl sites for hydroxylation is 1. The smallest absolute Gasteiger partial charge is 0.293 e. The first-order chi connectivity index (χ1) is 14.5. The minimum atomic E-state index is -0.339. The van der Waals surface area contributed by atoms with E-state index >= 15 is 0 Å². The summed E-state index contributed by atoms with van der Waals surface area (Å²) in [5.74, 6) is 0.618. The molecule has 30 heavy (non-hydrogen) atoms. The van der Waals surface area contributed by atoms with Crippen molar-refractivity contribution in [2.45, 2.75) is 38.9 Å². The summed E-state index contributed by atoms with van der Waals surface area (Å²) in [6.07, 6.45) is 1.90. The molecule has 0 amide bonds. The number of hydrogen-bond donors (Lipinski definition) is 1. The molecule has 9 nitrogen and oxygen atoms in total. The largest absolute Gasteiger partial charge is 0.341 e. The van der Waals surface area contributed by atoms with Crippen molar-refractivity contribution in [2.24, 2.45) is 12.8 Å². The highest BCUT2D eigenvalue weighted by Crippen LogP contribution is 2.22. The Balaban J connectivity index is 1.91. The van der Waals surface area contributed by atoms with Crippen molar-refractivity contribution in [3.05, 3.63) is 56.1 Å². The molecule has 0 aliphatic carbocycles. The topological polar surface area (TPSA) is 115 Å². The van der Waals surface area contributed by atoms with E-state index in [1.807, 2.05) is 17.6 Å². The summed E-state index contributed by atoms with van der Waals surface area (Å²) in [6.45, 7) is 4.01. The molecule has 3 heterocycles. The lowest BCUT2D eigenvalue weighted by atomic mass is 10.1. The fourth-order valence-corrected chi connectivity index (χ4v) is 4.17. The van der Waals surface area contributed by atoms with Gasteiger partial charge in [-0.1, -0.05) is 18.2 Å². The lowest BCUT2D eigenvalue weighted by Crippen LogP contribution is -2.44. The summed E-state index contributed by atoms with van der Waals surface area (Å²) >= 11 is 0. The van der Waals surface area contributed by atoms with Crippen LogP contribution in [0.15, 0.2) is 33.9 Å². The number of nitrogens with zero attached hydrogens (tertiary/aromatic N) is 6. The second kappa shape index (κ2) is 7.80. The van der Waals surface area contributed by atoms with Crippen LogP contribution in [0.2, 0.25) is 0 Å². The number of piperidine rings is 1. The van der Waals surface area contributed by atoms with Crippen LogP contribution in [0, 0.1) is 11.3 Å². The van der Waals surface area contributed by atoms with Gasteiger partial charge in [0.25, 0.3) is 11.1 Å². The highest BCUT2D eigenvalue weighted by Gasteiger charge is 2.26. The van der Waals surface area contributed by atoms with Gasteiger partial charge < -0.3 is 15.2 Å². The third-order valence-corrected chi connectivity index (χ3v) is 5.76. The van der Waals surface area contributed by atoms with E-state index in [9.17, 15) is 14.9 Å². The summed E-state index contributed by atoms with van der Waals surface area (Å²) in [6, 6.07) is 9.26. The second-order valence-corrected chi connectivity index (χ2v) is 7.66. The second-order valence-electron chi connectivity index (χ2n) is 7.66. The van der Waals surface area contributed by atoms with Gasteiger partial charge in [-0.3, -0.25) is 9.59 Å². The molecular weight excluding hydrogens is 382 g/mol. The lowest BCUT2D eigenvalue weighted by Gasteiger charge is -2.31. The van der Waals surface area contributed by atoms with Crippen molar-refractivity contribution in [2.75, 3.05) is 18.0 Å². The average Bonchev–Trinajstić information content (AvgIpc) is 3.15. The van der Waals surface area contributed by atoms with Gasteiger partial charge in [-0.2, -0.15) is 5.26 Å². The molecule has 0 saturated carbocycles. The average molecular weight is 407 g/mol. The van der Waals surface area contributed by atoms with Crippen molar-refractivity contribution < 1.29 is 0 Å². The number of nitrogens with two attached hydrogens (primary N) is 1. The fraction of sp³-hybridized carbons (Fsp3) is 0.429. The molecule has 1 saturated heterocycles. The van der Waals surface area contributed by atoms with E-state index in [1.54, 1.807) is 25.2 Å². The van der Waals surface area contributed by atoms with Gasteiger partial charge in [-0.25, -0.2) is 14.3 Å². The Morgan fingerprint density at radius 3 is 2.73 bits per heavy atom. The van der Waals surface area contributed by atoms with Crippen LogP contribution in [-0.2, 0) is 20.1 Å². The van der Waals surface area contributed by atoms with Gasteiger partial charge in [0.1, 0.15) is 5.52 Å². The molecular formula is C21H25N7O2. The van der Waals surface area contributed by atoms with Gasteiger partial charge in [0, 0.05) is 32.7 Å². The third kappa shape index (κ3) is 3.19. The highest BCUT2D eigenvalue weighted by atomic mass is 16.2. The standard InChI is InChI=1S/C21H25N7O2/c1-3-27-18-17(24-21(27)26-10-6-9-16(23)13-26)19(29)25(2)28(20(18)30)12-15-8-5-4-7-14(15)11-22/h4-5,7-8,16H,3,6,9-10,12-13,23H2,1-2H3/t16-/m1/s1. The SMILES string of the molecule is CCn1c(N2CCC[C@@H](N)C2)nc2c(=O)n(C)n(Cc3ccccc3C#N)c(=O)c21. The number of rotatable bonds is 4. The van der Waals surface area contributed by atoms with E-state index in [0.717, 1.165) is 19.4 Å². The normalized spacial score (nSPS) is 16.7. The summed E-state index contributed by atoms with van der Waals surface area (Å²) in [7, 11) is 1.56. The fourth-order valence-electron chi connectivity index (χ4n) is 4.17. The Kier molecular flexibility index (Phi) is 5.18. The van der Waals surface area contributed by atoms with Crippen molar-refractivity contribution >= 4 is 17.0 Å². The van der Waals surface area contributed by atoms with Crippen LogP contribution < -0.4 is 21.8 Å². The van der Waals surface area contributed by atoms with Crippen LogP contribution in [-0.4, -0.2) is 38.0 Å². The highest BCUT2D eigenvalue weighted by molar-refractivity contribution is 5.77. The monoisotopic (exact) mass is 407 g/mol. The molecule has 1 atom stereocenters. The number of benzene rings is 1. The van der Waals surface area contributed by atoms with Crippen LogP contribution in [0.5, 0.6) is 0 Å². The van der Waals surface area contributed by atoms with E-state index in [2.05, 4.69) is 16.0 Å². The van der Waals surface area contributed by atoms with E-state index in [1.165, 1.54) is 9.36 Å². The van der Waals surface area contributed by atoms with Crippen molar-refractivity contribution in [3.63, 3.8) is 0 Å². The van der Waals surface area contributed by atoms with Gasteiger partial charge in [-0.05, 0) is 31.4 Å². The van der Waals surface area contributed by atoms with Crippen molar-refractivity contribution in [3.8, 4) is 6.07 Å². The van der Waals surface area contributed by atoms with Gasteiger partial charge in [-0.15, -0.1) is 0 Å². The number of anilines is 1. The first-order valence-corrected chi connectivity index (χ1v) is 10.1. The molecule has 0 spiro atoms. The third-order valence-electron chi connectivity index (χ3n) is 5.76. The van der Waals surface area contributed by atoms with E-state index in [0.29, 0.717) is 35.7 Å². The maximum Gasteiger partial charge on any atom is 0.293 e. The van der Waals surface area contributed by atoms with Crippen LogP contribution in [0.25, 0.3) is 11.0 Å². The van der Waals surface area contributed by atoms with E-state index in [4.69, 9.17) is 5.73 Å². The molecule has 1 aromatic carbocycles. The Hall–Kier alpha value is -3.38. The first-order valence-electron chi connectivity index (χ1n) is 10.1.